The molecule has 1 saturated carbocycles. The summed E-state index contributed by atoms with van der Waals surface area (Å²) in [7, 11) is 0. The number of rotatable bonds is 3. The van der Waals surface area contributed by atoms with E-state index in [2.05, 4.69) is 11.4 Å². The highest BCUT2D eigenvalue weighted by Crippen LogP contribution is 2.32. The van der Waals surface area contributed by atoms with Crippen LogP contribution in [0.15, 0.2) is 18.2 Å². The van der Waals surface area contributed by atoms with E-state index < -0.39 is 0 Å². The molecule has 0 bridgehead atoms. The molecule has 150 valence electrons. The highest BCUT2D eigenvalue weighted by atomic mass is 16.3. The summed E-state index contributed by atoms with van der Waals surface area (Å²) in [5, 5.41) is 11.7. The van der Waals surface area contributed by atoms with E-state index in [9.17, 15) is 19.5 Å². The third-order valence-corrected chi connectivity index (χ3v) is 6.65. The number of hydrogen-bond donors (Lipinski definition) is 2. The molecule has 0 spiro atoms. The lowest BCUT2D eigenvalue weighted by atomic mass is 9.81. The Morgan fingerprint density at radius 3 is 2.57 bits per heavy atom. The molecule has 0 radical (unpaired) electrons. The predicted molar refractivity (Wildman–Crippen MR) is 103 cm³/mol. The summed E-state index contributed by atoms with van der Waals surface area (Å²) >= 11 is 0. The van der Waals surface area contributed by atoms with Gasteiger partial charge >= 0.3 is 0 Å². The first-order valence-corrected chi connectivity index (χ1v) is 10.4. The number of imide groups is 1. The number of piperidine rings is 1. The zero-order valence-corrected chi connectivity index (χ0v) is 16.2. The Labute approximate surface area is 165 Å². The summed E-state index contributed by atoms with van der Waals surface area (Å²) in [5.74, 6) is 0.0354. The van der Waals surface area contributed by atoms with Crippen molar-refractivity contribution in [2.45, 2.75) is 57.4 Å². The SMILES string of the molecule is O=C1CCC(c2ccc3c(c2)CCN(C(=O)C2CCC(CO)CC2)C3)C(=O)N1. The molecule has 3 aliphatic rings. The number of aliphatic hydroxyl groups excluding tert-OH is 1. The lowest BCUT2D eigenvalue weighted by Crippen LogP contribution is -2.41. The molecular weight excluding hydrogens is 356 g/mol. The fraction of sp³-hybridized carbons (Fsp3) is 0.591. The van der Waals surface area contributed by atoms with Gasteiger partial charge in [0.1, 0.15) is 0 Å². The van der Waals surface area contributed by atoms with Crippen LogP contribution in [0, 0.1) is 11.8 Å². The monoisotopic (exact) mass is 384 g/mol. The molecule has 4 rings (SSSR count). The zero-order chi connectivity index (χ0) is 19.7. The third kappa shape index (κ3) is 3.83. The molecule has 2 aliphatic heterocycles. The minimum absolute atomic E-state index is 0.0899. The van der Waals surface area contributed by atoms with E-state index in [0.717, 1.165) is 43.2 Å². The van der Waals surface area contributed by atoms with Gasteiger partial charge in [0.15, 0.2) is 0 Å². The van der Waals surface area contributed by atoms with E-state index in [0.29, 0.717) is 31.8 Å². The summed E-state index contributed by atoms with van der Waals surface area (Å²) in [6.45, 7) is 1.57. The van der Waals surface area contributed by atoms with Crippen LogP contribution in [0.3, 0.4) is 0 Å². The smallest absolute Gasteiger partial charge is 0.234 e. The number of fused-ring (bicyclic) bond motifs is 1. The van der Waals surface area contributed by atoms with Crippen LogP contribution in [0.4, 0.5) is 0 Å². The van der Waals surface area contributed by atoms with Gasteiger partial charge in [-0.05, 0) is 61.1 Å². The Morgan fingerprint density at radius 2 is 1.86 bits per heavy atom. The summed E-state index contributed by atoms with van der Waals surface area (Å²) in [5.41, 5.74) is 3.32. The first-order valence-electron chi connectivity index (χ1n) is 10.4. The van der Waals surface area contributed by atoms with E-state index in [1.807, 2.05) is 17.0 Å². The fourth-order valence-corrected chi connectivity index (χ4v) is 4.84. The van der Waals surface area contributed by atoms with Crippen molar-refractivity contribution in [3.63, 3.8) is 0 Å². The Kier molecular flexibility index (Phi) is 5.49. The summed E-state index contributed by atoms with van der Waals surface area (Å²) < 4.78 is 0. The number of nitrogens with zero attached hydrogens (tertiary/aromatic N) is 1. The lowest BCUT2D eigenvalue weighted by molar-refractivity contribution is -0.138. The highest BCUT2D eigenvalue weighted by molar-refractivity contribution is 6.00. The van der Waals surface area contributed by atoms with Crippen LogP contribution >= 0.6 is 0 Å². The summed E-state index contributed by atoms with van der Waals surface area (Å²) in [6.07, 6.45) is 5.37. The molecule has 1 atom stereocenters. The van der Waals surface area contributed by atoms with Crippen LogP contribution in [0.1, 0.15) is 61.1 Å². The van der Waals surface area contributed by atoms with Crippen LogP contribution < -0.4 is 5.32 Å². The molecule has 6 heteroatoms. The quantitative estimate of drug-likeness (QED) is 0.779. The standard InChI is InChI=1S/C22H28N2O4/c25-13-14-1-3-15(4-2-14)22(28)24-10-9-16-11-17(5-6-18(16)12-24)19-7-8-20(26)23-21(19)27/h5-6,11,14-15,19,25H,1-4,7-10,12-13H2,(H,23,26,27). The maximum absolute atomic E-state index is 12.9. The lowest BCUT2D eigenvalue weighted by Gasteiger charge is -2.35. The molecule has 1 aromatic carbocycles. The predicted octanol–water partition coefficient (Wildman–Crippen LogP) is 1.89. The Morgan fingerprint density at radius 1 is 1.07 bits per heavy atom. The van der Waals surface area contributed by atoms with Gasteiger partial charge in [-0.15, -0.1) is 0 Å². The third-order valence-electron chi connectivity index (χ3n) is 6.65. The largest absolute Gasteiger partial charge is 0.396 e. The molecule has 2 N–H and O–H groups in total. The van der Waals surface area contributed by atoms with Gasteiger partial charge in [-0.3, -0.25) is 19.7 Å². The maximum atomic E-state index is 12.9. The van der Waals surface area contributed by atoms with Crippen LogP contribution in [0.25, 0.3) is 0 Å². The van der Waals surface area contributed by atoms with Crippen molar-refractivity contribution in [1.82, 2.24) is 10.2 Å². The van der Waals surface area contributed by atoms with Crippen molar-refractivity contribution in [1.29, 1.82) is 0 Å². The minimum Gasteiger partial charge on any atom is -0.396 e. The van der Waals surface area contributed by atoms with Crippen molar-refractivity contribution >= 4 is 17.7 Å². The molecule has 6 nitrogen and oxygen atoms in total. The number of amides is 3. The van der Waals surface area contributed by atoms with E-state index >= 15 is 0 Å². The molecule has 2 heterocycles. The van der Waals surface area contributed by atoms with Crippen molar-refractivity contribution in [3.8, 4) is 0 Å². The number of carbonyl (C=O) groups is 3. The first kappa shape index (κ1) is 19.1. The molecule has 3 amide bonds. The van der Waals surface area contributed by atoms with E-state index in [-0.39, 0.29) is 36.2 Å². The molecule has 2 fully saturated rings. The van der Waals surface area contributed by atoms with Gasteiger partial charge in [-0.1, -0.05) is 18.2 Å². The maximum Gasteiger partial charge on any atom is 0.234 e. The number of nitrogens with one attached hydrogen (secondary N) is 1. The Hall–Kier alpha value is -2.21. The summed E-state index contributed by atoms with van der Waals surface area (Å²) in [4.78, 5) is 38.4. The number of carbonyl (C=O) groups excluding carboxylic acids is 3. The zero-order valence-electron chi connectivity index (χ0n) is 16.2. The van der Waals surface area contributed by atoms with Crippen molar-refractivity contribution in [2.24, 2.45) is 11.8 Å². The van der Waals surface area contributed by atoms with E-state index in [1.54, 1.807) is 0 Å². The van der Waals surface area contributed by atoms with E-state index in [1.165, 1.54) is 5.56 Å². The van der Waals surface area contributed by atoms with Gasteiger partial charge in [-0.25, -0.2) is 0 Å². The second-order valence-corrected chi connectivity index (χ2v) is 8.44. The second kappa shape index (κ2) is 8.03. The topological polar surface area (TPSA) is 86.7 Å². The highest BCUT2D eigenvalue weighted by Gasteiger charge is 2.32. The van der Waals surface area contributed by atoms with Crippen LogP contribution in [-0.2, 0) is 27.3 Å². The molecule has 1 aromatic rings. The van der Waals surface area contributed by atoms with Gasteiger partial charge in [0.05, 0.1) is 5.92 Å². The van der Waals surface area contributed by atoms with Gasteiger partial charge in [0, 0.05) is 32.0 Å². The van der Waals surface area contributed by atoms with Gasteiger partial charge in [0.25, 0.3) is 0 Å². The van der Waals surface area contributed by atoms with Gasteiger partial charge in [-0.2, -0.15) is 0 Å². The first-order chi connectivity index (χ1) is 13.5. The van der Waals surface area contributed by atoms with Gasteiger partial charge in [0.2, 0.25) is 17.7 Å². The average molecular weight is 384 g/mol. The minimum atomic E-state index is -0.260. The van der Waals surface area contributed by atoms with Gasteiger partial charge < -0.3 is 10.0 Å². The normalized spacial score (nSPS) is 27.9. The average Bonchev–Trinajstić information content (AvgIpc) is 2.72. The molecule has 28 heavy (non-hydrogen) atoms. The fourth-order valence-electron chi connectivity index (χ4n) is 4.84. The van der Waals surface area contributed by atoms with Crippen molar-refractivity contribution < 1.29 is 19.5 Å². The second-order valence-electron chi connectivity index (χ2n) is 8.44. The molecule has 0 aromatic heterocycles. The van der Waals surface area contributed by atoms with Crippen LogP contribution in [0.2, 0.25) is 0 Å². The van der Waals surface area contributed by atoms with Crippen LogP contribution in [0.5, 0.6) is 0 Å². The summed E-state index contributed by atoms with van der Waals surface area (Å²) in [6, 6.07) is 6.10. The van der Waals surface area contributed by atoms with Crippen LogP contribution in [-0.4, -0.2) is 40.9 Å². The van der Waals surface area contributed by atoms with Crippen molar-refractivity contribution in [2.75, 3.05) is 13.2 Å². The molecule has 1 saturated heterocycles. The Balaban J connectivity index is 1.41. The molecular formula is C22H28N2O4. The van der Waals surface area contributed by atoms with Crippen molar-refractivity contribution in [3.05, 3.63) is 34.9 Å². The molecule has 1 unspecified atom stereocenters. The number of hydrogen-bond acceptors (Lipinski definition) is 4. The molecule has 1 aliphatic carbocycles. The number of aliphatic hydroxyl groups is 1. The Bertz CT molecular complexity index is 783. The van der Waals surface area contributed by atoms with E-state index in [4.69, 9.17) is 0 Å². The number of benzene rings is 1.